The Balaban J connectivity index is 4.43. The Morgan fingerprint density at radius 1 is 0.667 bits per heavy atom. The molecular weight excluding hydrogens is 480 g/mol. The summed E-state index contributed by atoms with van der Waals surface area (Å²) in [4.78, 5) is 43.9. The molecule has 13 heteroatoms. The topological polar surface area (TPSA) is 151 Å². The maximum atomic E-state index is 11.5. The predicted molar refractivity (Wildman–Crippen MR) is 133 cm³/mol. The van der Waals surface area contributed by atoms with Crippen molar-refractivity contribution in [3.05, 3.63) is 24.3 Å². The fourth-order valence-electron chi connectivity index (χ4n) is 3.32. The van der Waals surface area contributed by atoms with Gasteiger partial charge >= 0.3 is 20.5 Å². The summed E-state index contributed by atoms with van der Waals surface area (Å²) in [7, 11) is -6.46. The van der Waals surface area contributed by atoms with E-state index >= 15 is 0 Å². The van der Waals surface area contributed by atoms with Gasteiger partial charge in [-0.3, -0.25) is 9.59 Å². The molecule has 0 fully saturated rings. The molecule has 0 saturated carbocycles. The lowest BCUT2D eigenvalue weighted by atomic mass is 10.4. The highest BCUT2D eigenvalue weighted by atomic mass is 28.5. The Bertz CT molecular complexity index is 692. The van der Waals surface area contributed by atoms with Gasteiger partial charge in [-0.2, -0.15) is 0 Å². The number of nitrogens with one attached hydrogen (secondary N) is 2. The van der Waals surface area contributed by atoms with Crippen LogP contribution in [0.1, 0.15) is 12.8 Å². The smallest absolute Gasteiger partial charge is 0.328 e. The lowest BCUT2D eigenvalue weighted by Gasteiger charge is -2.38. The largest absolute Gasteiger partial charge is 0.478 e. The molecule has 2 amide bonds. The van der Waals surface area contributed by atoms with E-state index in [2.05, 4.69) is 36.8 Å². The van der Waals surface area contributed by atoms with Crippen molar-refractivity contribution in [3.8, 4) is 0 Å². The third-order valence-corrected chi connectivity index (χ3v) is 15.8. The highest BCUT2D eigenvalue weighted by Gasteiger charge is 2.39. The molecule has 0 bridgehead atoms. The van der Waals surface area contributed by atoms with Crippen LogP contribution in [0.3, 0.4) is 0 Å². The zero-order valence-electron chi connectivity index (χ0n) is 20.4. The van der Waals surface area contributed by atoms with Gasteiger partial charge in [-0.05, 0) is 64.2 Å². The lowest BCUT2D eigenvalue weighted by molar-refractivity contribution is -0.132. The number of rotatable bonds is 16. The fourth-order valence-corrected chi connectivity index (χ4v) is 17.4. The number of carbonyl (C=O) groups is 4. The van der Waals surface area contributed by atoms with Crippen molar-refractivity contribution in [2.24, 2.45) is 0 Å². The van der Waals surface area contributed by atoms with Gasteiger partial charge in [0, 0.05) is 37.4 Å². The summed E-state index contributed by atoms with van der Waals surface area (Å²) in [5.74, 6) is -3.19. The number of hydrogen-bond acceptors (Lipinski definition) is 6. The van der Waals surface area contributed by atoms with Gasteiger partial charge in [-0.15, -0.1) is 0 Å². The summed E-state index contributed by atoms with van der Waals surface area (Å²) in [5, 5.41) is 22.4. The number of hydrogen-bond donors (Lipinski definition) is 4. The average molecular weight is 519 g/mol. The zero-order valence-corrected chi connectivity index (χ0v) is 23.4. The molecule has 0 aliphatic heterocycles. The van der Waals surface area contributed by atoms with Crippen molar-refractivity contribution < 1.29 is 37.6 Å². The highest BCUT2D eigenvalue weighted by Crippen LogP contribution is 2.25. The van der Waals surface area contributed by atoms with E-state index in [9.17, 15) is 19.2 Å². The summed E-state index contributed by atoms with van der Waals surface area (Å²) in [6.07, 6.45) is 5.06. The van der Waals surface area contributed by atoms with Crippen LogP contribution in [-0.2, 0) is 27.4 Å². The highest BCUT2D eigenvalue weighted by molar-refractivity contribution is 6.87. The van der Waals surface area contributed by atoms with E-state index in [1.165, 1.54) is 0 Å². The van der Waals surface area contributed by atoms with E-state index in [1.807, 2.05) is 13.1 Å². The lowest BCUT2D eigenvalue weighted by Crippen LogP contribution is -2.52. The van der Waals surface area contributed by atoms with E-state index in [4.69, 9.17) is 18.4 Å². The first-order valence-electron chi connectivity index (χ1n) is 10.8. The standard InChI is InChI=1S/C20H38N2O8Si3/c1-31(2,15-7-13-21-17(23)9-11-19(25)26)29-33(5,6)30-32(3,4)16-8-14-22-18(24)10-12-20(27)28/h9-12H,7-8,13-16H2,1-6H3,(H,21,23)(H,22,24)(H,25,26)(H,27,28)/b11-9-,12-10-. The second kappa shape index (κ2) is 14.2. The van der Waals surface area contributed by atoms with Crippen LogP contribution < -0.4 is 10.6 Å². The Hall–Kier alpha value is -2.07. The van der Waals surface area contributed by atoms with Crippen molar-refractivity contribution in [2.45, 2.75) is 64.2 Å². The summed E-state index contributed by atoms with van der Waals surface area (Å²) in [6.45, 7) is 13.4. The van der Waals surface area contributed by atoms with Gasteiger partial charge in [0.25, 0.3) is 0 Å². The van der Waals surface area contributed by atoms with E-state index in [-0.39, 0.29) is 0 Å². The first kappa shape index (κ1) is 30.9. The van der Waals surface area contributed by atoms with Crippen LogP contribution in [0.2, 0.25) is 51.4 Å². The molecule has 0 atom stereocenters. The van der Waals surface area contributed by atoms with Crippen LogP contribution in [0.15, 0.2) is 24.3 Å². The molecule has 0 aliphatic carbocycles. The fraction of sp³-hybridized carbons (Fsp3) is 0.600. The predicted octanol–water partition coefficient (Wildman–Crippen LogP) is 2.43. The molecular formula is C20H38N2O8Si3. The third kappa shape index (κ3) is 18.1. The van der Waals surface area contributed by atoms with Crippen LogP contribution in [0, 0.1) is 0 Å². The first-order valence-corrected chi connectivity index (χ1v) is 19.9. The molecule has 10 nitrogen and oxygen atoms in total. The van der Waals surface area contributed by atoms with Gasteiger partial charge in [0.2, 0.25) is 11.8 Å². The maximum Gasteiger partial charge on any atom is 0.328 e. The minimum absolute atomic E-state index is 0.433. The Kier molecular flexibility index (Phi) is 13.4. The molecule has 0 saturated heterocycles. The van der Waals surface area contributed by atoms with E-state index in [1.54, 1.807) is 0 Å². The molecule has 4 N–H and O–H groups in total. The molecule has 0 unspecified atom stereocenters. The van der Waals surface area contributed by atoms with E-state index in [0.29, 0.717) is 13.1 Å². The van der Waals surface area contributed by atoms with Crippen molar-refractivity contribution in [2.75, 3.05) is 13.1 Å². The number of carboxylic acid groups (broad SMARTS) is 2. The molecule has 0 aliphatic rings. The molecule has 188 valence electrons. The molecule has 0 radical (unpaired) electrons. The van der Waals surface area contributed by atoms with Crippen LogP contribution in [0.5, 0.6) is 0 Å². The minimum atomic E-state index is -2.39. The first-order chi connectivity index (χ1) is 15.0. The van der Waals surface area contributed by atoms with Gasteiger partial charge in [-0.25, -0.2) is 9.59 Å². The van der Waals surface area contributed by atoms with Gasteiger partial charge in [0.1, 0.15) is 0 Å². The van der Waals surface area contributed by atoms with Crippen molar-refractivity contribution in [3.63, 3.8) is 0 Å². The summed E-state index contributed by atoms with van der Waals surface area (Å²) in [6, 6.07) is 1.65. The van der Waals surface area contributed by atoms with Gasteiger partial charge in [0.15, 0.2) is 16.6 Å². The van der Waals surface area contributed by atoms with Crippen molar-refractivity contribution in [1.29, 1.82) is 0 Å². The maximum absolute atomic E-state index is 11.5. The number of carbonyl (C=O) groups excluding carboxylic acids is 2. The van der Waals surface area contributed by atoms with Gasteiger partial charge in [0.05, 0.1) is 0 Å². The molecule has 0 aromatic heterocycles. The Morgan fingerprint density at radius 3 is 1.30 bits per heavy atom. The third-order valence-electron chi connectivity index (χ3n) is 4.31. The quantitative estimate of drug-likeness (QED) is 0.138. The second-order valence-electron chi connectivity index (χ2n) is 9.26. The molecule has 0 aromatic rings. The summed E-state index contributed by atoms with van der Waals surface area (Å²) >= 11 is 0. The Labute approximate surface area is 198 Å². The molecule has 33 heavy (non-hydrogen) atoms. The molecule has 0 aromatic carbocycles. The zero-order chi connectivity index (χ0) is 25.7. The normalized spacial score (nSPS) is 12.8. The SMILES string of the molecule is C[Si](C)(CCCNC(=O)/C=C\C(=O)O)O[Si](C)(C)O[Si](C)(C)CCCNC(=O)/C=C\C(=O)O. The number of amides is 2. The van der Waals surface area contributed by atoms with Gasteiger partial charge < -0.3 is 29.1 Å². The molecule has 0 heterocycles. The van der Waals surface area contributed by atoms with Crippen LogP contribution in [0.4, 0.5) is 0 Å². The summed E-state index contributed by atoms with van der Waals surface area (Å²) in [5.41, 5.74) is 0. The van der Waals surface area contributed by atoms with E-state index in [0.717, 1.165) is 49.2 Å². The summed E-state index contributed by atoms with van der Waals surface area (Å²) < 4.78 is 13.0. The van der Waals surface area contributed by atoms with Crippen LogP contribution in [-0.4, -0.2) is 72.3 Å². The van der Waals surface area contributed by atoms with Crippen LogP contribution >= 0.6 is 0 Å². The average Bonchev–Trinajstić information content (AvgIpc) is 2.63. The van der Waals surface area contributed by atoms with Crippen molar-refractivity contribution in [1.82, 2.24) is 10.6 Å². The molecule has 0 rings (SSSR count). The number of carboxylic acids is 2. The second-order valence-corrected chi connectivity index (χ2v) is 21.7. The van der Waals surface area contributed by atoms with Crippen molar-refractivity contribution >= 4 is 48.9 Å². The van der Waals surface area contributed by atoms with Gasteiger partial charge in [-0.1, -0.05) is 0 Å². The van der Waals surface area contributed by atoms with E-state index < -0.39 is 48.9 Å². The minimum Gasteiger partial charge on any atom is -0.478 e. The molecule has 0 spiro atoms. The monoisotopic (exact) mass is 518 g/mol. The Morgan fingerprint density at radius 2 is 1.00 bits per heavy atom. The number of aliphatic carboxylic acids is 2. The van der Waals surface area contributed by atoms with Crippen LogP contribution in [0.25, 0.3) is 0 Å².